The molecule has 1 aliphatic rings. The van der Waals surface area contributed by atoms with E-state index in [0.29, 0.717) is 6.61 Å². The van der Waals surface area contributed by atoms with Crippen LogP contribution in [0.1, 0.15) is 25.5 Å². The first-order chi connectivity index (χ1) is 9.20. The van der Waals surface area contributed by atoms with Crippen LogP contribution in [0.4, 0.5) is 0 Å². The first-order valence-electron chi connectivity index (χ1n) is 6.67. The minimum absolute atomic E-state index is 0.0447. The summed E-state index contributed by atoms with van der Waals surface area (Å²) in [6.07, 6.45) is 5.31. The SMILES string of the molecule is CCc1cnc(SCC(=O)O)n1CCOCC1CC1. The molecule has 0 radical (unpaired) electrons. The highest BCUT2D eigenvalue weighted by atomic mass is 32.2. The minimum atomic E-state index is -0.817. The van der Waals surface area contributed by atoms with E-state index in [9.17, 15) is 4.79 Å². The van der Waals surface area contributed by atoms with Gasteiger partial charge in [-0.25, -0.2) is 4.98 Å². The maximum atomic E-state index is 10.6. The fraction of sp³-hybridized carbons (Fsp3) is 0.692. The lowest BCUT2D eigenvalue weighted by Gasteiger charge is -2.10. The van der Waals surface area contributed by atoms with Crippen molar-refractivity contribution in [2.75, 3.05) is 19.0 Å². The van der Waals surface area contributed by atoms with Gasteiger partial charge >= 0.3 is 5.97 Å². The van der Waals surface area contributed by atoms with Gasteiger partial charge in [-0.3, -0.25) is 4.79 Å². The van der Waals surface area contributed by atoms with E-state index in [0.717, 1.165) is 36.3 Å². The Balaban J connectivity index is 1.86. The van der Waals surface area contributed by atoms with Gasteiger partial charge < -0.3 is 14.4 Å². The summed E-state index contributed by atoms with van der Waals surface area (Å²) in [5, 5.41) is 9.50. The van der Waals surface area contributed by atoms with Crippen LogP contribution >= 0.6 is 11.8 Å². The summed E-state index contributed by atoms with van der Waals surface area (Å²) in [5.74, 6) is 0.000177. The van der Waals surface area contributed by atoms with Crippen LogP contribution in [0.5, 0.6) is 0 Å². The molecule has 1 aliphatic carbocycles. The smallest absolute Gasteiger partial charge is 0.313 e. The van der Waals surface area contributed by atoms with Crippen molar-refractivity contribution in [1.29, 1.82) is 0 Å². The average Bonchev–Trinajstić information content (AvgIpc) is 3.12. The zero-order valence-corrected chi connectivity index (χ0v) is 12.0. The summed E-state index contributed by atoms with van der Waals surface area (Å²) in [5.41, 5.74) is 1.13. The molecule has 1 N–H and O–H groups in total. The molecule has 19 heavy (non-hydrogen) atoms. The van der Waals surface area contributed by atoms with Crippen LogP contribution in [0.2, 0.25) is 0 Å². The normalized spacial score (nSPS) is 14.8. The van der Waals surface area contributed by atoms with Crippen molar-refractivity contribution in [2.24, 2.45) is 5.92 Å². The molecule has 2 rings (SSSR count). The van der Waals surface area contributed by atoms with Crippen molar-refractivity contribution in [3.63, 3.8) is 0 Å². The van der Waals surface area contributed by atoms with Crippen LogP contribution in [-0.2, 0) is 22.5 Å². The first-order valence-corrected chi connectivity index (χ1v) is 7.66. The van der Waals surface area contributed by atoms with E-state index in [1.54, 1.807) is 0 Å². The number of nitrogens with zero attached hydrogens (tertiary/aromatic N) is 2. The van der Waals surface area contributed by atoms with E-state index < -0.39 is 5.97 Å². The van der Waals surface area contributed by atoms with Crippen molar-refractivity contribution in [3.8, 4) is 0 Å². The largest absolute Gasteiger partial charge is 0.481 e. The van der Waals surface area contributed by atoms with Gasteiger partial charge in [0, 0.05) is 25.0 Å². The molecule has 1 heterocycles. The highest BCUT2D eigenvalue weighted by molar-refractivity contribution is 7.99. The number of thioether (sulfide) groups is 1. The minimum Gasteiger partial charge on any atom is -0.481 e. The molecule has 0 amide bonds. The second-order valence-electron chi connectivity index (χ2n) is 4.74. The van der Waals surface area contributed by atoms with Crippen molar-refractivity contribution < 1.29 is 14.6 Å². The number of aromatic nitrogens is 2. The van der Waals surface area contributed by atoms with Crippen LogP contribution < -0.4 is 0 Å². The standard InChI is InChI=1S/C13H20N2O3S/c1-2-11-7-14-13(19-9-12(16)17)15(11)5-6-18-8-10-3-4-10/h7,10H,2-6,8-9H2,1H3,(H,16,17). The number of ether oxygens (including phenoxy) is 1. The number of aliphatic carboxylic acids is 1. The van der Waals surface area contributed by atoms with Gasteiger partial charge in [0.1, 0.15) is 0 Å². The molecule has 1 saturated carbocycles. The molecule has 0 aromatic carbocycles. The summed E-state index contributed by atoms with van der Waals surface area (Å²) < 4.78 is 7.71. The monoisotopic (exact) mass is 284 g/mol. The Morgan fingerprint density at radius 3 is 3.05 bits per heavy atom. The van der Waals surface area contributed by atoms with Crippen molar-refractivity contribution in [2.45, 2.75) is 37.9 Å². The van der Waals surface area contributed by atoms with Gasteiger partial charge in [-0.15, -0.1) is 0 Å². The molecule has 5 nitrogen and oxygen atoms in total. The Morgan fingerprint density at radius 1 is 1.63 bits per heavy atom. The Bertz CT molecular complexity index is 430. The Kier molecular flexibility index (Phi) is 5.27. The quantitative estimate of drug-likeness (QED) is 0.555. The number of carbonyl (C=O) groups is 1. The van der Waals surface area contributed by atoms with Gasteiger partial charge in [0.15, 0.2) is 5.16 Å². The third kappa shape index (κ3) is 4.54. The van der Waals surface area contributed by atoms with Crippen LogP contribution in [0.3, 0.4) is 0 Å². The molecule has 0 bridgehead atoms. The second-order valence-corrected chi connectivity index (χ2v) is 5.68. The summed E-state index contributed by atoms with van der Waals surface area (Å²) >= 11 is 1.26. The van der Waals surface area contributed by atoms with E-state index >= 15 is 0 Å². The van der Waals surface area contributed by atoms with Crippen molar-refractivity contribution in [1.82, 2.24) is 9.55 Å². The van der Waals surface area contributed by atoms with Gasteiger partial charge in [-0.05, 0) is 25.2 Å². The predicted octanol–water partition coefficient (Wildman–Crippen LogP) is 2.05. The molecule has 1 aromatic heterocycles. The van der Waals surface area contributed by atoms with E-state index in [-0.39, 0.29) is 5.75 Å². The fourth-order valence-electron chi connectivity index (χ4n) is 1.85. The van der Waals surface area contributed by atoms with Crippen molar-refractivity contribution >= 4 is 17.7 Å². The van der Waals surface area contributed by atoms with E-state index in [1.165, 1.54) is 24.6 Å². The molecule has 0 unspecified atom stereocenters. The number of imidazole rings is 1. The summed E-state index contributed by atoms with van der Waals surface area (Å²) in [7, 11) is 0. The molecule has 0 spiro atoms. The van der Waals surface area contributed by atoms with Crippen molar-refractivity contribution in [3.05, 3.63) is 11.9 Å². The molecule has 0 atom stereocenters. The molecule has 1 aromatic rings. The second kappa shape index (κ2) is 6.96. The van der Waals surface area contributed by atoms with Crippen LogP contribution in [0, 0.1) is 5.92 Å². The van der Waals surface area contributed by atoms with E-state index in [1.807, 2.05) is 6.20 Å². The molecule has 0 saturated heterocycles. The molecule has 106 valence electrons. The predicted molar refractivity (Wildman–Crippen MR) is 73.5 cm³/mol. The zero-order valence-electron chi connectivity index (χ0n) is 11.2. The average molecular weight is 284 g/mol. The molecular weight excluding hydrogens is 264 g/mol. The highest BCUT2D eigenvalue weighted by Crippen LogP contribution is 2.28. The zero-order chi connectivity index (χ0) is 13.7. The van der Waals surface area contributed by atoms with Crippen LogP contribution in [0.15, 0.2) is 11.4 Å². The number of rotatable bonds is 9. The number of hydrogen-bond acceptors (Lipinski definition) is 4. The van der Waals surface area contributed by atoms with E-state index in [2.05, 4.69) is 16.5 Å². The molecule has 0 aliphatic heterocycles. The lowest BCUT2D eigenvalue weighted by atomic mass is 10.3. The number of aryl methyl sites for hydroxylation is 1. The highest BCUT2D eigenvalue weighted by Gasteiger charge is 2.21. The Morgan fingerprint density at radius 2 is 2.42 bits per heavy atom. The van der Waals surface area contributed by atoms with Gasteiger partial charge in [-0.2, -0.15) is 0 Å². The van der Waals surface area contributed by atoms with Gasteiger partial charge in [0.25, 0.3) is 0 Å². The maximum Gasteiger partial charge on any atom is 0.313 e. The summed E-state index contributed by atoms with van der Waals surface area (Å²) in [4.78, 5) is 14.9. The summed E-state index contributed by atoms with van der Waals surface area (Å²) in [6.45, 7) is 4.34. The first kappa shape index (κ1) is 14.4. The van der Waals surface area contributed by atoms with E-state index in [4.69, 9.17) is 9.84 Å². The Hall–Kier alpha value is -1.01. The summed E-state index contributed by atoms with van der Waals surface area (Å²) in [6, 6.07) is 0. The lowest BCUT2D eigenvalue weighted by molar-refractivity contribution is -0.133. The van der Waals surface area contributed by atoms with Gasteiger partial charge in [-0.1, -0.05) is 18.7 Å². The number of hydrogen-bond donors (Lipinski definition) is 1. The third-order valence-electron chi connectivity index (χ3n) is 3.10. The molecule has 1 fully saturated rings. The molecular formula is C13H20N2O3S. The van der Waals surface area contributed by atoms with Gasteiger partial charge in [0.2, 0.25) is 0 Å². The van der Waals surface area contributed by atoms with Crippen LogP contribution in [-0.4, -0.2) is 39.6 Å². The van der Waals surface area contributed by atoms with Crippen LogP contribution in [0.25, 0.3) is 0 Å². The fourth-order valence-corrected chi connectivity index (χ4v) is 2.59. The number of carboxylic acids is 1. The maximum absolute atomic E-state index is 10.6. The molecule has 6 heteroatoms. The third-order valence-corrected chi connectivity index (χ3v) is 4.07. The Labute approximate surface area is 117 Å². The lowest BCUT2D eigenvalue weighted by Crippen LogP contribution is -2.11. The van der Waals surface area contributed by atoms with Gasteiger partial charge in [0.05, 0.1) is 12.4 Å². The number of carboxylic acid groups (broad SMARTS) is 1. The topological polar surface area (TPSA) is 64.3 Å².